The smallest absolute Gasteiger partial charge is 0.326 e. The summed E-state index contributed by atoms with van der Waals surface area (Å²) in [5.41, 5.74) is 5.17. The quantitative estimate of drug-likeness (QED) is 0.210. The van der Waals surface area contributed by atoms with Crippen molar-refractivity contribution in [2.24, 2.45) is 11.7 Å². The first-order valence-corrected chi connectivity index (χ1v) is 9.98. The number of hydrogen-bond acceptors (Lipinski definition) is 7. The summed E-state index contributed by atoms with van der Waals surface area (Å²) >= 11 is 1.46. The average Bonchev–Trinajstić information content (AvgIpc) is 2.61. The highest BCUT2D eigenvalue weighted by atomic mass is 32.2. The number of aliphatic hydroxyl groups is 1. The van der Waals surface area contributed by atoms with Crippen molar-refractivity contribution in [2.45, 2.75) is 44.8 Å². The Balaban J connectivity index is 5.12. The molecule has 0 aromatic carbocycles. The van der Waals surface area contributed by atoms with Gasteiger partial charge in [-0.15, -0.1) is 0 Å². The number of carbonyl (C=O) groups is 4. The molecule has 11 heteroatoms. The lowest BCUT2D eigenvalue weighted by Crippen LogP contribution is -2.57. The highest BCUT2D eigenvalue weighted by Gasteiger charge is 2.29. The molecule has 3 atom stereocenters. The van der Waals surface area contributed by atoms with Crippen LogP contribution in [0.5, 0.6) is 0 Å². The monoisotopic (exact) mass is 406 g/mol. The first-order chi connectivity index (χ1) is 12.7. The van der Waals surface area contributed by atoms with Crippen molar-refractivity contribution in [3.05, 3.63) is 0 Å². The molecular weight excluding hydrogens is 376 g/mol. The summed E-state index contributed by atoms with van der Waals surface area (Å²) in [6.45, 7) is 2.66. The van der Waals surface area contributed by atoms with E-state index in [0.29, 0.717) is 5.75 Å². The second kappa shape index (κ2) is 13.3. The largest absolute Gasteiger partial charge is 0.480 e. The van der Waals surface area contributed by atoms with Gasteiger partial charge in [-0.05, 0) is 30.8 Å². The van der Waals surface area contributed by atoms with Crippen LogP contribution in [-0.4, -0.2) is 77.2 Å². The highest BCUT2D eigenvalue weighted by molar-refractivity contribution is 7.98. The van der Waals surface area contributed by atoms with Crippen LogP contribution in [0.15, 0.2) is 0 Å². The Morgan fingerprint density at radius 1 is 1.00 bits per heavy atom. The van der Waals surface area contributed by atoms with Crippen LogP contribution < -0.4 is 21.7 Å². The third-order valence-electron chi connectivity index (χ3n) is 3.59. The van der Waals surface area contributed by atoms with Crippen molar-refractivity contribution in [2.75, 3.05) is 25.2 Å². The summed E-state index contributed by atoms with van der Waals surface area (Å²) < 4.78 is 0. The fraction of sp³-hybridized carbons (Fsp3) is 0.750. The summed E-state index contributed by atoms with van der Waals surface area (Å²) in [4.78, 5) is 47.4. The fourth-order valence-electron chi connectivity index (χ4n) is 2.19. The summed E-state index contributed by atoms with van der Waals surface area (Å²) in [6, 6.07) is -3.32. The summed E-state index contributed by atoms with van der Waals surface area (Å²) in [5.74, 6) is -2.59. The summed E-state index contributed by atoms with van der Waals surface area (Å²) in [6.07, 6.45) is 2.33. The zero-order valence-electron chi connectivity index (χ0n) is 15.9. The minimum absolute atomic E-state index is 0.0294. The predicted octanol–water partition coefficient (Wildman–Crippen LogP) is -1.72. The molecule has 0 rings (SSSR count). The Morgan fingerprint density at radius 3 is 2.00 bits per heavy atom. The van der Waals surface area contributed by atoms with Crippen molar-refractivity contribution in [1.29, 1.82) is 0 Å². The topological polar surface area (TPSA) is 171 Å². The molecule has 0 spiro atoms. The van der Waals surface area contributed by atoms with Gasteiger partial charge >= 0.3 is 5.97 Å². The molecular formula is C16H30N4O6S. The third-order valence-corrected chi connectivity index (χ3v) is 4.23. The summed E-state index contributed by atoms with van der Waals surface area (Å²) in [7, 11) is 0. The number of nitrogens with two attached hydrogens (primary N) is 1. The van der Waals surface area contributed by atoms with Crippen LogP contribution in [-0.2, 0) is 19.2 Å². The van der Waals surface area contributed by atoms with Gasteiger partial charge in [0.2, 0.25) is 17.7 Å². The van der Waals surface area contributed by atoms with Crippen molar-refractivity contribution in [3.63, 3.8) is 0 Å². The van der Waals surface area contributed by atoms with Crippen LogP contribution in [0, 0.1) is 5.92 Å². The van der Waals surface area contributed by atoms with E-state index >= 15 is 0 Å². The molecule has 0 radical (unpaired) electrons. The zero-order valence-corrected chi connectivity index (χ0v) is 16.7. The number of aliphatic carboxylic acids is 1. The van der Waals surface area contributed by atoms with E-state index in [1.165, 1.54) is 11.8 Å². The molecule has 156 valence electrons. The molecule has 0 aliphatic carbocycles. The molecule has 0 aromatic heterocycles. The molecule has 0 saturated carbocycles. The molecule has 10 nitrogen and oxygen atoms in total. The van der Waals surface area contributed by atoms with Crippen LogP contribution in [0.4, 0.5) is 0 Å². The number of carboxylic acids is 1. The maximum Gasteiger partial charge on any atom is 0.326 e. The van der Waals surface area contributed by atoms with E-state index in [1.54, 1.807) is 0 Å². The Morgan fingerprint density at radius 2 is 1.56 bits per heavy atom. The number of hydrogen-bond donors (Lipinski definition) is 6. The van der Waals surface area contributed by atoms with Gasteiger partial charge in [-0.25, -0.2) is 4.79 Å². The Labute approximate surface area is 163 Å². The second-order valence-electron chi connectivity index (χ2n) is 6.38. The third kappa shape index (κ3) is 10.2. The van der Waals surface area contributed by atoms with E-state index in [2.05, 4.69) is 16.0 Å². The van der Waals surface area contributed by atoms with E-state index in [0.717, 1.165) is 0 Å². The second-order valence-corrected chi connectivity index (χ2v) is 7.36. The summed E-state index contributed by atoms with van der Waals surface area (Å²) in [5, 5.41) is 25.7. The van der Waals surface area contributed by atoms with Crippen LogP contribution in [0.25, 0.3) is 0 Å². The van der Waals surface area contributed by atoms with Crippen molar-refractivity contribution >= 4 is 35.5 Å². The number of rotatable bonds is 13. The van der Waals surface area contributed by atoms with E-state index < -0.39 is 48.4 Å². The van der Waals surface area contributed by atoms with Gasteiger partial charge in [0.15, 0.2) is 0 Å². The molecule has 27 heavy (non-hydrogen) atoms. The van der Waals surface area contributed by atoms with Crippen LogP contribution in [0.1, 0.15) is 26.7 Å². The van der Waals surface area contributed by atoms with Gasteiger partial charge in [0.1, 0.15) is 18.1 Å². The van der Waals surface area contributed by atoms with Gasteiger partial charge in [-0.2, -0.15) is 11.8 Å². The fourth-order valence-corrected chi connectivity index (χ4v) is 2.66. The van der Waals surface area contributed by atoms with Crippen LogP contribution in [0.3, 0.4) is 0 Å². The van der Waals surface area contributed by atoms with E-state index in [4.69, 9.17) is 5.73 Å². The van der Waals surface area contributed by atoms with Crippen LogP contribution >= 0.6 is 11.8 Å². The minimum atomic E-state index is -1.25. The lowest BCUT2D eigenvalue weighted by Gasteiger charge is -2.24. The molecule has 0 fully saturated rings. The van der Waals surface area contributed by atoms with Gasteiger partial charge < -0.3 is 31.9 Å². The molecule has 3 amide bonds. The van der Waals surface area contributed by atoms with E-state index in [9.17, 15) is 29.4 Å². The lowest BCUT2D eigenvalue weighted by molar-refractivity contribution is -0.142. The molecule has 0 saturated heterocycles. The SMILES string of the molecule is CSCCC(NC(=O)C(CC(C)C)NC(=O)C(CO)NC(=O)CN)C(=O)O. The van der Waals surface area contributed by atoms with Gasteiger partial charge in [0.25, 0.3) is 0 Å². The maximum atomic E-state index is 12.5. The molecule has 0 aliphatic rings. The molecule has 0 heterocycles. The standard InChI is InChI=1S/C16H30N4O6S/c1-9(2)6-11(14(23)19-10(16(25)26)4-5-27-3)20-15(24)12(8-21)18-13(22)7-17/h9-12,21H,4-8,17H2,1-3H3,(H,18,22)(H,19,23)(H,20,24)(H,25,26). The molecule has 7 N–H and O–H groups in total. The Hall–Kier alpha value is -1.85. The number of nitrogens with one attached hydrogen (secondary N) is 3. The van der Waals surface area contributed by atoms with E-state index in [1.807, 2.05) is 20.1 Å². The lowest BCUT2D eigenvalue weighted by atomic mass is 10.0. The highest BCUT2D eigenvalue weighted by Crippen LogP contribution is 2.07. The average molecular weight is 407 g/mol. The molecule has 3 unspecified atom stereocenters. The van der Waals surface area contributed by atoms with Gasteiger partial charge in [0.05, 0.1) is 13.2 Å². The van der Waals surface area contributed by atoms with Crippen molar-refractivity contribution in [1.82, 2.24) is 16.0 Å². The van der Waals surface area contributed by atoms with Crippen molar-refractivity contribution < 1.29 is 29.4 Å². The van der Waals surface area contributed by atoms with E-state index in [-0.39, 0.29) is 25.3 Å². The molecule has 0 bridgehead atoms. The normalized spacial score (nSPS) is 14.1. The van der Waals surface area contributed by atoms with Crippen LogP contribution in [0.2, 0.25) is 0 Å². The van der Waals surface area contributed by atoms with Gasteiger partial charge in [-0.3, -0.25) is 14.4 Å². The van der Waals surface area contributed by atoms with Gasteiger partial charge in [-0.1, -0.05) is 13.8 Å². The number of carboxylic acid groups (broad SMARTS) is 1. The number of aliphatic hydroxyl groups excluding tert-OH is 1. The molecule has 0 aromatic rings. The maximum absolute atomic E-state index is 12.5. The zero-order chi connectivity index (χ0) is 21.0. The number of carbonyl (C=O) groups excluding carboxylic acids is 3. The number of thioether (sulfide) groups is 1. The van der Waals surface area contributed by atoms with Gasteiger partial charge in [0, 0.05) is 0 Å². The molecule has 0 aliphatic heterocycles. The predicted molar refractivity (Wildman–Crippen MR) is 102 cm³/mol. The first-order valence-electron chi connectivity index (χ1n) is 8.58. The minimum Gasteiger partial charge on any atom is -0.480 e. The Kier molecular flexibility index (Phi) is 12.4. The number of amides is 3. The Bertz CT molecular complexity index is 517. The first kappa shape index (κ1) is 25.1. The van der Waals surface area contributed by atoms with Crippen molar-refractivity contribution in [3.8, 4) is 0 Å².